The molecule has 4 heteroatoms. The van der Waals surface area contributed by atoms with Crippen LogP contribution in [0.3, 0.4) is 0 Å². The number of para-hydroxylation sites is 1. The van der Waals surface area contributed by atoms with Crippen molar-refractivity contribution in [1.82, 2.24) is 4.98 Å². The standard InChI is InChI=1S/C14H10BrNOS/c1-17-9-6-7-11(15)10(8-9)14-16-12-4-2-3-5-13(12)18-14/h2-8H,1H3. The van der Waals surface area contributed by atoms with Crippen LogP contribution in [0, 0.1) is 0 Å². The Hall–Kier alpha value is -1.39. The second kappa shape index (κ2) is 4.71. The second-order valence-corrected chi connectivity index (χ2v) is 5.72. The lowest BCUT2D eigenvalue weighted by Crippen LogP contribution is -1.84. The van der Waals surface area contributed by atoms with E-state index in [4.69, 9.17) is 4.74 Å². The van der Waals surface area contributed by atoms with Gasteiger partial charge in [0, 0.05) is 10.0 Å². The van der Waals surface area contributed by atoms with E-state index in [1.165, 1.54) is 4.70 Å². The molecule has 0 saturated heterocycles. The Kier molecular flexibility index (Phi) is 3.06. The van der Waals surface area contributed by atoms with Crippen LogP contribution < -0.4 is 4.74 Å². The minimum absolute atomic E-state index is 0.840. The average Bonchev–Trinajstić information content (AvgIpc) is 2.82. The summed E-state index contributed by atoms with van der Waals surface area (Å²) in [6.07, 6.45) is 0. The van der Waals surface area contributed by atoms with Gasteiger partial charge in [0.1, 0.15) is 10.8 Å². The lowest BCUT2D eigenvalue weighted by Gasteiger charge is -2.04. The van der Waals surface area contributed by atoms with E-state index in [-0.39, 0.29) is 0 Å². The SMILES string of the molecule is COc1ccc(Br)c(-c2nc3ccccc3s2)c1. The van der Waals surface area contributed by atoms with Crippen molar-refractivity contribution in [3.05, 3.63) is 46.9 Å². The summed E-state index contributed by atoms with van der Waals surface area (Å²) in [5, 5.41) is 1.00. The highest BCUT2D eigenvalue weighted by molar-refractivity contribution is 9.10. The van der Waals surface area contributed by atoms with Crippen molar-refractivity contribution in [2.45, 2.75) is 0 Å². The molecular weight excluding hydrogens is 310 g/mol. The Bertz CT molecular complexity index is 675. The van der Waals surface area contributed by atoms with Gasteiger partial charge >= 0.3 is 0 Å². The number of ether oxygens (including phenoxy) is 1. The van der Waals surface area contributed by atoms with Crippen LogP contribution in [0.5, 0.6) is 5.75 Å². The number of halogens is 1. The Morgan fingerprint density at radius 2 is 2.00 bits per heavy atom. The van der Waals surface area contributed by atoms with E-state index >= 15 is 0 Å². The quantitative estimate of drug-likeness (QED) is 0.681. The molecule has 2 nitrogen and oxygen atoms in total. The summed E-state index contributed by atoms with van der Waals surface area (Å²) in [5.41, 5.74) is 2.10. The summed E-state index contributed by atoms with van der Waals surface area (Å²) in [4.78, 5) is 4.65. The molecule has 3 aromatic rings. The van der Waals surface area contributed by atoms with Crippen molar-refractivity contribution in [1.29, 1.82) is 0 Å². The van der Waals surface area contributed by atoms with Gasteiger partial charge in [0.2, 0.25) is 0 Å². The number of hydrogen-bond acceptors (Lipinski definition) is 3. The van der Waals surface area contributed by atoms with Crippen LogP contribution in [0.2, 0.25) is 0 Å². The Balaban J connectivity index is 2.19. The fourth-order valence-electron chi connectivity index (χ4n) is 1.78. The fraction of sp³-hybridized carbons (Fsp3) is 0.0714. The maximum atomic E-state index is 5.26. The molecule has 0 N–H and O–H groups in total. The lowest BCUT2D eigenvalue weighted by atomic mass is 10.2. The molecule has 90 valence electrons. The molecule has 0 amide bonds. The summed E-state index contributed by atoms with van der Waals surface area (Å²) in [6.45, 7) is 0. The molecule has 0 saturated carbocycles. The third kappa shape index (κ3) is 2.02. The van der Waals surface area contributed by atoms with Crippen molar-refractivity contribution in [3.63, 3.8) is 0 Å². The molecule has 3 rings (SSSR count). The number of hydrogen-bond donors (Lipinski definition) is 0. The average molecular weight is 320 g/mol. The summed E-state index contributed by atoms with van der Waals surface area (Å²) in [5.74, 6) is 0.840. The zero-order chi connectivity index (χ0) is 12.5. The number of benzene rings is 2. The van der Waals surface area contributed by atoms with Crippen LogP contribution in [0.25, 0.3) is 20.8 Å². The molecule has 1 aromatic heterocycles. The molecule has 0 aliphatic carbocycles. The number of nitrogens with zero attached hydrogens (tertiary/aromatic N) is 1. The van der Waals surface area contributed by atoms with E-state index in [9.17, 15) is 0 Å². The smallest absolute Gasteiger partial charge is 0.125 e. The first-order valence-corrected chi connectivity index (χ1v) is 7.08. The first-order chi connectivity index (χ1) is 8.78. The van der Waals surface area contributed by atoms with E-state index in [2.05, 4.69) is 27.0 Å². The molecule has 0 aliphatic heterocycles. The van der Waals surface area contributed by atoms with Gasteiger partial charge in [-0.3, -0.25) is 0 Å². The van der Waals surface area contributed by atoms with E-state index in [1.54, 1.807) is 18.4 Å². The second-order valence-electron chi connectivity index (χ2n) is 3.83. The number of fused-ring (bicyclic) bond motifs is 1. The Labute approximate surface area is 117 Å². The van der Waals surface area contributed by atoms with E-state index in [0.717, 1.165) is 26.3 Å². The summed E-state index contributed by atoms with van der Waals surface area (Å²) in [7, 11) is 1.67. The lowest BCUT2D eigenvalue weighted by molar-refractivity contribution is 0.415. The van der Waals surface area contributed by atoms with Crippen LogP contribution in [0.1, 0.15) is 0 Å². The number of aromatic nitrogens is 1. The summed E-state index contributed by atoms with van der Waals surface area (Å²) >= 11 is 5.25. The number of thiazole rings is 1. The minimum atomic E-state index is 0.840. The van der Waals surface area contributed by atoms with Gasteiger partial charge in [0.05, 0.1) is 17.3 Å². The largest absolute Gasteiger partial charge is 0.497 e. The summed E-state index contributed by atoms with van der Waals surface area (Å²) in [6, 6.07) is 14.1. The molecule has 0 spiro atoms. The highest BCUT2D eigenvalue weighted by Gasteiger charge is 2.10. The number of rotatable bonds is 2. The molecule has 2 aromatic carbocycles. The molecular formula is C14H10BrNOS. The molecule has 0 radical (unpaired) electrons. The molecule has 0 bridgehead atoms. The van der Waals surface area contributed by atoms with Gasteiger partial charge in [-0.1, -0.05) is 28.1 Å². The van der Waals surface area contributed by atoms with Crippen LogP contribution in [-0.2, 0) is 0 Å². The zero-order valence-electron chi connectivity index (χ0n) is 9.68. The first-order valence-electron chi connectivity index (χ1n) is 5.47. The monoisotopic (exact) mass is 319 g/mol. The molecule has 0 atom stereocenters. The summed E-state index contributed by atoms with van der Waals surface area (Å²) < 4.78 is 7.49. The van der Waals surface area contributed by atoms with Crippen molar-refractivity contribution in [2.24, 2.45) is 0 Å². The first kappa shape index (κ1) is 11.7. The maximum Gasteiger partial charge on any atom is 0.125 e. The molecule has 1 heterocycles. The van der Waals surface area contributed by atoms with Crippen molar-refractivity contribution >= 4 is 37.5 Å². The Morgan fingerprint density at radius 3 is 2.78 bits per heavy atom. The highest BCUT2D eigenvalue weighted by atomic mass is 79.9. The van der Waals surface area contributed by atoms with E-state index < -0.39 is 0 Å². The predicted octanol–water partition coefficient (Wildman–Crippen LogP) is 4.73. The van der Waals surface area contributed by atoms with Crippen LogP contribution in [0.15, 0.2) is 46.9 Å². The van der Waals surface area contributed by atoms with Gasteiger partial charge in [0.15, 0.2) is 0 Å². The van der Waals surface area contributed by atoms with E-state index in [0.29, 0.717) is 0 Å². The van der Waals surface area contributed by atoms with Gasteiger partial charge in [-0.2, -0.15) is 0 Å². The molecule has 0 fully saturated rings. The topological polar surface area (TPSA) is 22.1 Å². The van der Waals surface area contributed by atoms with Gasteiger partial charge < -0.3 is 4.74 Å². The van der Waals surface area contributed by atoms with Gasteiger partial charge in [0.25, 0.3) is 0 Å². The normalized spacial score (nSPS) is 10.8. The van der Waals surface area contributed by atoms with Crippen molar-refractivity contribution < 1.29 is 4.74 Å². The minimum Gasteiger partial charge on any atom is -0.497 e. The molecule has 18 heavy (non-hydrogen) atoms. The van der Waals surface area contributed by atoms with Crippen LogP contribution in [-0.4, -0.2) is 12.1 Å². The zero-order valence-corrected chi connectivity index (χ0v) is 12.1. The third-order valence-electron chi connectivity index (χ3n) is 2.70. The molecule has 0 aliphatic rings. The number of methoxy groups -OCH3 is 1. The van der Waals surface area contributed by atoms with Crippen molar-refractivity contribution in [2.75, 3.05) is 7.11 Å². The van der Waals surface area contributed by atoms with Gasteiger partial charge in [-0.25, -0.2) is 4.98 Å². The predicted molar refractivity (Wildman–Crippen MR) is 79.3 cm³/mol. The Morgan fingerprint density at radius 1 is 1.17 bits per heavy atom. The third-order valence-corrected chi connectivity index (χ3v) is 4.46. The van der Waals surface area contributed by atoms with Crippen LogP contribution in [0.4, 0.5) is 0 Å². The van der Waals surface area contributed by atoms with Crippen LogP contribution >= 0.6 is 27.3 Å². The maximum absolute atomic E-state index is 5.26. The van der Waals surface area contributed by atoms with Crippen molar-refractivity contribution in [3.8, 4) is 16.3 Å². The highest BCUT2D eigenvalue weighted by Crippen LogP contribution is 2.36. The van der Waals surface area contributed by atoms with E-state index in [1.807, 2.05) is 36.4 Å². The van der Waals surface area contributed by atoms with Gasteiger partial charge in [-0.05, 0) is 30.3 Å². The fourth-order valence-corrected chi connectivity index (χ4v) is 3.34. The molecule has 0 unspecified atom stereocenters. The van der Waals surface area contributed by atoms with Gasteiger partial charge in [-0.15, -0.1) is 11.3 Å².